The van der Waals surface area contributed by atoms with Crippen LogP contribution in [0.25, 0.3) is 0 Å². The van der Waals surface area contributed by atoms with Gasteiger partial charge in [-0.1, -0.05) is 6.92 Å². The molecule has 1 amide bonds. The van der Waals surface area contributed by atoms with Gasteiger partial charge >= 0.3 is 0 Å². The van der Waals surface area contributed by atoms with Crippen molar-refractivity contribution in [3.05, 3.63) is 24.2 Å². The first-order valence-electron chi connectivity index (χ1n) is 8.12. The average Bonchev–Trinajstić information content (AvgIpc) is 3.12. The summed E-state index contributed by atoms with van der Waals surface area (Å²) in [6, 6.07) is 3.41. The Kier molecular flexibility index (Phi) is 9.12. The summed E-state index contributed by atoms with van der Waals surface area (Å²) in [5, 5.41) is 12.4. The molecule has 24 heavy (non-hydrogen) atoms. The van der Waals surface area contributed by atoms with Crippen LogP contribution in [-0.2, 0) is 0 Å². The highest BCUT2D eigenvalue weighted by Crippen LogP contribution is 2.09. The maximum atomic E-state index is 12.3. The fourth-order valence-electron chi connectivity index (χ4n) is 2.40. The first-order valence-corrected chi connectivity index (χ1v) is 8.12. The van der Waals surface area contributed by atoms with Gasteiger partial charge < -0.3 is 24.6 Å². The standard InChI is InChI=1S/C16H26N4O3.HI/c1-3-17-16(18-11-13(2)12-21)20-8-6-19(7-9-20)15(22)14-5-4-10-23-14;/h4-5,10,13,21H,3,6-9,11-12H2,1-2H3,(H,17,18);1H. The monoisotopic (exact) mass is 450 g/mol. The van der Waals surface area contributed by atoms with Gasteiger partial charge in [-0.25, -0.2) is 0 Å². The molecule has 7 nitrogen and oxygen atoms in total. The number of aliphatic hydroxyl groups is 1. The molecule has 1 aliphatic rings. The Morgan fingerprint density at radius 2 is 2.04 bits per heavy atom. The predicted octanol–water partition coefficient (Wildman–Crippen LogP) is 1.25. The van der Waals surface area contributed by atoms with Crippen LogP contribution in [-0.4, -0.2) is 72.6 Å². The lowest BCUT2D eigenvalue weighted by Gasteiger charge is -2.36. The average molecular weight is 450 g/mol. The number of hydrogen-bond donors (Lipinski definition) is 2. The fourth-order valence-corrected chi connectivity index (χ4v) is 2.40. The molecular weight excluding hydrogens is 423 g/mol. The van der Waals surface area contributed by atoms with Gasteiger partial charge in [0.2, 0.25) is 0 Å². The maximum Gasteiger partial charge on any atom is 0.289 e. The normalized spacial score (nSPS) is 16.5. The van der Waals surface area contributed by atoms with E-state index in [4.69, 9.17) is 9.52 Å². The molecule has 1 saturated heterocycles. The third-order valence-electron chi connectivity index (χ3n) is 3.80. The summed E-state index contributed by atoms with van der Waals surface area (Å²) in [6.45, 7) is 8.24. The van der Waals surface area contributed by atoms with E-state index in [1.165, 1.54) is 6.26 Å². The van der Waals surface area contributed by atoms with Gasteiger partial charge in [-0.2, -0.15) is 0 Å². The van der Waals surface area contributed by atoms with Crippen LogP contribution in [0, 0.1) is 5.92 Å². The Labute approximate surface area is 160 Å². The molecule has 2 heterocycles. The van der Waals surface area contributed by atoms with Gasteiger partial charge in [-0.05, 0) is 25.0 Å². The molecule has 8 heteroatoms. The number of guanidine groups is 1. The van der Waals surface area contributed by atoms with E-state index in [1.807, 2.05) is 13.8 Å². The van der Waals surface area contributed by atoms with E-state index in [2.05, 4.69) is 15.2 Å². The van der Waals surface area contributed by atoms with Crippen LogP contribution in [0.3, 0.4) is 0 Å². The summed E-state index contributed by atoms with van der Waals surface area (Å²) >= 11 is 0. The van der Waals surface area contributed by atoms with E-state index >= 15 is 0 Å². The van der Waals surface area contributed by atoms with Crippen molar-refractivity contribution < 1.29 is 14.3 Å². The minimum atomic E-state index is -0.0644. The number of carbonyl (C=O) groups excluding carboxylic acids is 1. The van der Waals surface area contributed by atoms with E-state index in [-0.39, 0.29) is 42.4 Å². The number of nitrogens with zero attached hydrogens (tertiary/aromatic N) is 3. The van der Waals surface area contributed by atoms with Gasteiger partial charge in [0.1, 0.15) is 0 Å². The topological polar surface area (TPSA) is 81.3 Å². The molecule has 1 aliphatic heterocycles. The van der Waals surface area contributed by atoms with Gasteiger partial charge in [0.25, 0.3) is 5.91 Å². The summed E-state index contributed by atoms with van der Waals surface area (Å²) in [7, 11) is 0. The number of aliphatic hydroxyl groups excluding tert-OH is 1. The quantitative estimate of drug-likeness (QED) is 0.401. The summed E-state index contributed by atoms with van der Waals surface area (Å²) in [5.74, 6) is 1.31. The van der Waals surface area contributed by atoms with Crippen LogP contribution >= 0.6 is 24.0 Å². The van der Waals surface area contributed by atoms with Crippen molar-refractivity contribution in [3.8, 4) is 0 Å². The second-order valence-electron chi connectivity index (χ2n) is 5.74. The predicted molar refractivity (Wildman–Crippen MR) is 104 cm³/mol. The van der Waals surface area contributed by atoms with Crippen LogP contribution < -0.4 is 5.32 Å². The number of piperazine rings is 1. The third kappa shape index (κ3) is 5.66. The number of nitrogens with one attached hydrogen (secondary N) is 1. The molecule has 0 bridgehead atoms. The van der Waals surface area contributed by atoms with Gasteiger partial charge in [-0.3, -0.25) is 9.79 Å². The summed E-state index contributed by atoms with van der Waals surface area (Å²) in [4.78, 5) is 20.8. The molecule has 0 radical (unpaired) electrons. The van der Waals surface area contributed by atoms with Crippen LogP contribution in [0.5, 0.6) is 0 Å². The molecule has 1 unspecified atom stereocenters. The van der Waals surface area contributed by atoms with Crippen molar-refractivity contribution in [3.63, 3.8) is 0 Å². The first kappa shape index (κ1) is 20.8. The smallest absolute Gasteiger partial charge is 0.289 e. The molecule has 1 fully saturated rings. The van der Waals surface area contributed by atoms with Crippen LogP contribution in [0.4, 0.5) is 0 Å². The molecule has 2 N–H and O–H groups in total. The maximum absolute atomic E-state index is 12.3. The molecule has 1 aromatic rings. The van der Waals surface area contributed by atoms with Crippen LogP contribution in [0.1, 0.15) is 24.4 Å². The number of furan rings is 1. The molecule has 1 aromatic heterocycles. The van der Waals surface area contributed by atoms with Gasteiger partial charge in [0, 0.05) is 45.9 Å². The summed E-state index contributed by atoms with van der Waals surface area (Å²) < 4.78 is 5.17. The Bertz CT molecular complexity index is 513. The van der Waals surface area contributed by atoms with E-state index in [1.54, 1.807) is 17.0 Å². The van der Waals surface area contributed by atoms with Crippen molar-refractivity contribution in [2.45, 2.75) is 13.8 Å². The van der Waals surface area contributed by atoms with Gasteiger partial charge in [-0.15, -0.1) is 24.0 Å². The lowest BCUT2D eigenvalue weighted by molar-refractivity contribution is 0.0657. The lowest BCUT2D eigenvalue weighted by Crippen LogP contribution is -2.53. The summed E-state index contributed by atoms with van der Waals surface area (Å²) in [5.41, 5.74) is 0. The van der Waals surface area contributed by atoms with Crippen molar-refractivity contribution in [2.75, 3.05) is 45.9 Å². The lowest BCUT2D eigenvalue weighted by atomic mass is 10.2. The highest BCUT2D eigenvalue weighted by atomic mass is 127. The van der Waals surface area contributed by atoms with Crippen LogP contribution in [0.15, 0.2) is 27.8 Å². The molecule has 0 saturated carbocycles. The van der Waals surface area contributed by atoms with E-state index in [0.29, 0.717) is 25.4 Å². The number of rotatable bonds is 5. The third-order valence-corrected chi connectivity index (χ3v) is 3.80. The Morgan fingerprint density at radius 1 is 1.38 bits per heavy atom. The highest BCUT2D eigenvalue weighted by molar-refractivity contribution is 14.0. The molecule has 0 spiro atoms. The first-order chi connectivity index (χ1) is 11.2. The van der Waals surface area contributed by atoms with Gasteiger partial charge in [0.15, 0.2) is 11.7 Å². The second kappa shape index (κ2) is 10.5. The van der Waals surface area contributed by atoms with E-state index in [0.717, 1.165) is 25.6 Å². The molecule has 1 atom stereocenters. The minimum absolute atomic E-state index is 0. The number of aliphatic imine (C=N–C) groups is 1. The number of amides is 1. The summed E-state index contributed by atoms with van der Waals surface area (Å²) in [6.07, 6.45) is 1.52. The molecule has 0 aliphatic carbocycles. The minimum Gasteiger partial charge on any atom is -0.459 e. The Balaban J connectivity index is 0.00000288. The van der Waals surface area contributed by atoms with Crippen LogP contribution in [0.2, 0.25) is 0 Å². The molecular formula is C16H27IN4O3. The highest BCUT2D eigenvalue weighted by Gasteiger charge is 2.25. The number of halogens is 1. The van der Waals surface area contributed by atoms with Crippen molar-refractivity contribution in [1.29, 1.82) is 0 Å². The molecule has 2 rings (SSSR count). The zero-order valence-corrected chi connectivity index (χ0v) is 16.6. The number of hydrogen-bond acceptors (Lipinski definition) is 4. The van der Waals surface area contributed by atoms with E-state index < -0.39 is 0 Å². The Hall–Kier alpha value is -1.29. The largest absolute Gasteiger partial charge is 0.459 e. The zero-order valence-electron chi connectivity index (χ0n) is 14.3. The van der Waals surface area contributed by atoms with Crippen molar-refractivity contribution >= 4 is 35.8 Å². The molecule has 136 valence electrons. The van der Waals surface area contributed by atoms with Crippen molar-refractivity contribution in [2.24, 2.45) is 10.9 Å². The van der Waals surface area contributed by atoms with Gasteiger partial charge in [0.05, 0.1) is 6.26 Å². The molecule has 0 aromatic carbocycles. The van der Waals surface area contributed by atoms with E-state index in [9.17, 15) is 4.79 Å². The zero-order chi connectivity index (χ0) is 16.7. The fraction of sp³-hybridized carbons (Fsp3) is 0.625. The second-order valence-corrected chi connectivity index (χ2v) is 5.74. The number of carbonyl (C=O) groups is 1. The van der Waals surface area contributed by atoms with Crippen molar-refractivity contribution in [1.82, 2.24) is 15.1 Å². The SMILES string of the molecule is CCNC(=NCC(C)CO)N1CCN(C(=O)c2ccco2)CC1.I. The Morgan fingerprint density at radius 3 is 2.58 bits per heavy atom.